The zero-order valence-corrected chi connectivity index (χ0v) is 14.7. The number of hydrogen-bond donors (Lipinski definition) is 1. The Balaban J connectivity index is 0. The van der Waals surface area contributed by atoms with Crippen molar-refractivity contribution in [2.75, 3.05) is 17.2 Å². The van der Waals surface area contributed by atoms with Crippen molar-refractivity contribution >= 4 is 54.0 Å². The summed E-state index contributed by atoms with van der Waals surface area (Å²) in [6.07, 6.45) is 1.34. The van der Waals surface area contributed by atoms with Crippen LogP contribution in [0.15, 0.2) is 0 Å². The van der Waals surface area contributed by atoms with Crippen LogP contribution in [0.4, 0.5) is 0 Å². The molecule has 0 aliphatic heterocycles. The highest BCUT2D eigenvalue weighted by Gasteiger charge is 2.15. The fraction of sp³-hybridized carbons (Fsp3) is 0.900. The predicted molar refractivity (Wildman–Crippen MR) is 79.6 cm³/mol. The summed E-state index contributed by atoms with van der Waals surface area (Å²) in [6, 6.07) is 0. The van der Waals surface area contributed by atoms with Gasteiger partial charge in [0.25, 0.3) is 0 Å². The van der Waals surface area contributed by atoms with Gasteiger partial charge in [0.1, 0.15) is 5.60 Å². The molecule has 98 valence electrons. The number of alkyl halides is 2. The standard InChI is InChI=1S/C8H15BrO2.C2H5Br2N/c1-8(2,3)11-7(10)5-4-6-9;3-1-2-5-4/h4-6H2,1-3H3;5H,1-2H2. The number of halogens is 3. The number of rotatable bonds is 5. The molecular formula is C10H20Br3NO2. The summed E-state index contributed by atoms with van der Waals surface area (Å²) in [7, 11) is 0. The van der Waals surface area contributed by atoms with Crippen LogP contribution in [0.5, 0.6) is 0 Å². The molecule has 1 N–H and O–H groups in total. The molecule has 0 radical (unpaired) electrons. The van der Waals surface area contributed by atoms with Crippen LogP contribution in [0.3, 0.4) is 0 Å². The maximum absolute atomic E-state index is 11.0. The summed E-state index contributed by atoms with van der Waals surface area (Å²) in [5, 5.41) is 1.85. The van der Waals surface area contributed by atoms with Crippen molar-refractivity contribution in [3.63, 3.8) is 0 Å². The Bertz CT molecular complexity index is 170. The normalized spacial score (nSPS) is 10.4. The van der Waals surface area contributed by atoms with Crippen molar-refractivity contribution in [2.24, 2.45) is 0 Å². The summed E-state index contributed by atoms with van der Waals surface area (Å²) in [5.41, 5.74) is -0.344. The molecule has 0 rings (SSSR count). The molecule has 0 amide bonds. The summed E-state index contributed by atoms with van der Waals surface area (Å²) >= 11 is 9.50. The van der Waals surface area contributed by atoms with Crippen molar-refractivity contribution in [1.29, 1.82) is 0 Å². The molecule has 0 aromatic heterocycles. The lowest BCUT2D eigenvalue weighted by atomic mass is 10.2. The van der Waals surface area contributed by atoms with Gasteiger partial charge in [-0.15, -0.1) is 0 Å². The quantitative estimate of drug-likeness (QED) is 0.414. The van der Waals surface area contributed by atoms with Crippen LogP contribution in [0.1, 0.15) is 33.6 Å². The van der Waals surface area contributed by atoms with E-state index in [1.807, 2.05) is 20.8 Å². The first-order valence-electron chi connectivity index (χ1n) is 5.04. The van der Waals surface area contributed by atoms with E-state index in [4.69, 9.17) is 4.74 Å². The van der Waals surface area contributed by atoms with Crippen molar-refractivity contribution in [3.05, 3.63) is 0 Å². The van der Waals surface area contributed by atoms with E-state index in [2.05, 4.69) is 52.3 Å². The molecule has 0 unspecified atom stereocenters. The van der Waals surface area contributed by atoms with Crippen molar-refractivity contribution in [1.82, 2.24) is 4.34 Å². The van der Waals surface area contributed by atoms with Gasteiger partial charge in [0, 0.05) is 39.8 Å². The Kier molecular flexibility index (Phi) is 14.8. The predicted octanol–water partition coefficient (Wildman–Crippen LogP) is 3.78. The lowest BCUT2D eigenvalue weighted by Gasteiger charge is -2.19. The third-order valence-corrected chi connectivity index (χ3v) is 2.48. The molecule has 0 bridgehead atoms. The second kappa shape index (κ2) is 12.3. The van der Waals surface area contributed by atoms with Crippen LogP contribution in [-0.2, 0) is 9.53 Å². The van der Waals surface area contributed by atoms with E-state index in [1.54, 1.807) is 0 Å². The van der Waals surface area contributed by atoms with E-state index in [0.29, 0.717) is 6.42 Å². The fourth-order valence-electron chi connectivity index (χ4n) is 0.639. The smallest absolute Gasteiger partial charge is 0.306 e. The van der Waals surface area contributed by atoms with Gasteiger partial charge in [0.05, 0.1) is 0 Å². The van der Waals surface area contributed by atoms with Crippen molar-refractivity contribution in [3.8, 4) is 0 Å². The van der Waals surface area contributed by atoms with Gasteiger partial charge in [-0.2, -0.15) is 0 Å². The molecule has 0 aromatic carbocycles. The zero-order chi connectivity index (χ0) is 13.0. The molecule has 0 fully saturated rings. The van der Waals surface area contributed by atoms with Gasteiger partial charge in [-0.1, -0.05) is 31.9 Å². The minimum Gasteiger partial charge on any atom is -0.460 e. The highest BCUT2D eigenvalue weighted by atomic mass is 79.9. The third-order valence-electron chi connectivity index (χ3n) is 1.12. The summed E-state index contributed by atoms with van der Waals surface area (Å²) in [5.74, 6) is -0.114. The largest absolute Gasteiger partial charge is 0.460 e. The van der Waals surface area contributed by atoms with Gasteiger partial charge in [-0.25, -0.2) is 0 Å². The van der Waals surface area contributed by atoms with Crippen LogP contribution < -0.4 is 4.34 Å². The topological polar surface area (TPSA) is 38.3 Å². The molecule has 0 saturated carbocycles. The Morgan fingerprint density at radius 2 is 1.81 bits per heavy atom. The van der Waals surface area contributed by atoms with Crippen LogP contribution >= 0.6 is 48.0 Å². The molecule has 0 aliphatic rings. The molecule has 0 spiro atoms. The molecule has 6 heteroatoms. The van der Waals surface area contributed by atoms with E-state index < -0.39 is 0 Å². The Hall–Kier alpha value is 0.870. The van der Waals surface area contributed by atoms with E-state index in [0.717, 1.165) is 23.6 Å². The SMILES string of the molecule is BrCCNBr.CC(C)(C)OC(=O)CCCBr. The van der Waals surface area contributed by atoms with Gasteiger partial charge in [-0.05, 0) is 27.2 Å². The van der Waals surface area contributed by atoms with Gasteiger partial charge < -0.3 is 4.74 Å². The Labute approximate surface area is 124 Å². The maximum atomic E-state index is 11.0. The van der Waals surface area contributed by atoms with Crippen LogP contribution in [0, 0.1) is 0 Å². The minimum absolute atomic E-state index is 0.114. The molecular weight excluding hydrogens is 406 g/mol. The van der Waals surface area contributed by atoms with E-state index >= 15 is 0 Å². The highest BCUT2D eigenvalue weighted by molar-refractivity contribution is 9.09. The van der Waals surface area contributed by atoms with Crippen LogP contribution in [0.25, 0.3) is 0 Å². The number of ether oxygens (including phenoxy) is 1. The number of carbonyl (C=O) groups excluding carboxylic acids is 1. The average molecular weight is 426 g/mol. The van der Waals surface area contributed by atoms with Gasteiger partial charge >= 0.3 is 5.97 Å². The van der Waals surface area contributed by atoms with Crippen LogP contribution in [0.2, 0.25) is 0 Å². The maximum Gasteiger partial charge on any atom is 0.306 e. The van der Waals surface area contributed by atoms with Crippen molar-refractivity contribution < 1.29 is 9.53 Å². The lowest BCUT2D eigenvalue weighted by molar-refractivity contribution is -0.154. The highest BCUT2D eigenvalue weighted by Crippen LogP contribution is 2.09. The van der Waals surface area contributed by atoms with E-state index in [1.165, 1.54) is 0 Å². The van der Waals surface area contributed by atoms with Gasteiger partial charge in [-0.3, -0.25) is 9.14 Å². The number of hydrogen-bond acceptors (Lipinski definition) is 3. The Morgan fingerprint density at radius 1 is 1.25 bits per heavy atom. The van der Waals surface area contributed by atoms with E-state index in [9.17, 15) is 4.79 Å². The van der Waals surface area contributed by atoms with Crippen LogP contribution in [-0.4, -0.2) is 28.8 Å². The number of carbonyl (C=O) groups is 1. The summed E-state index contributed by atoms with van der Waals surface area (Å²) in [6.45, 7) is 6.59. The Morgan fingerprint density at radius 3 is 2.06 bits per heavy atom. The minimum atomic E-state index is -0.344. The monoisotopic (exact) mass is 423 g/mol. The average Bonchev–Trinajstić information content (AvgIpc) is 2.14. The first kappa shape index (κ1) is 19.2. The lowest BCUT2D eigenvalue weighted by Crippen LogP contribution is -2.23. The molecule has 0 heterocycles. The number of nitrogens with one attached hydrogen (secondary N) is 1. The molecule has 0 saturated heterocycles. The first-order valence-corrected chi connectivity index (χ1v) is 8.08. The zero-order valence-electron chi connectivity index (χ0n) is 9.99. The van der Waals surface area contributed by atoms with Gasteiger partial charge in [0.15, 0.2) is 0 Å². The number of esters is 1. The molecule has 16 heavy (non-hydrogen) atoms. The van der Waals surface area contributed by atoms with Gasteiger partial charge in [0.2, 0.25) is 0 Å². The first-order chi connectivity index (χ1) is 7.37. The molecule has 0 aliphatic carbocycles. The van der Waals surface area contributed by atoms with Crippen molar-refractivity contribution in [2.45, 2.75) is 39.2 Å². The summed E-state index contributed by atoms with van der Waals surface area (Å²) in [4.78, 5) is 11.0. The molecule has 0 aromatic rings. The third kappa shape index (κ3) is 20.3. The molecule has 0 atom stereocenters. The second-order valence-electron chi connectivity index (χ2n) is 3.95. The molecule has 3 nitrogen and oxygen atoms in total. The second-order valence-corrected chi connectivity index (χ2v) is 6.10. The summed E-state index contributed by atoms with van der Waals surface area (Å²) < 4.78 is 7.86. The van der Waals surface area contributed by atoms with E-state index in [-0.39, 0.29) is 11.6 Å². The fourth-order valence-corrected chi connectivity index (χ4v) is 1.85.